The van der Waals surface area contributed by atoms with E-state index in [4.69, 9.17) is 44.4 Å². The maximum Gasteiger partial charge on any atom is 0.335 e. The van der Waals surface area contributed by atoms with Gasteiger partial charge in [-0.15, -0.1) is 0 Å². The molecule has 6 nitrogen and oxygen atoms in total. The Morgan fingerprint density at radius 3 is 1.87 bits per heavy atom. The van der Waals surface area contributed by atoms with Gasteiger partial charge in [-0.3, -0.25) is 0 Å². The minimum Gasteiger partial charge on any atom is -0.478 e. The van der Waals surface area contributed by atoms with Crippen LogP contribution in [0.25, 0.3) is 0 Å². The second-order valence-corrected chi connectivity index (χ2v) is 4.97. The van der Waals surface area contributed by atoms with E-state index in [1.165, 1.54) is 36.4 Å². The van der Waals surface area contributed by atoms with E-state index in [0.29, 0.717) is 5.02 Å². The van der Waals surface area contributed by atoms with Gasteiger partial charge in [0.1, 0.15) is 6.07 Å². The van der Waals surface area contributed by atoms with Gasteiger partial charge >= 0.3 is 11.9 Å². The summed E-state index contributed by atoms with van der Waals surface area (Å²) in [4.78, 5) is 20.8. The van der Waals surface area contributed by atoms with Crippen molar-refractivity contribution in [2.45, 2.75) is 0 Å². The summed E-state index contributed by atoms with van der Waals surface area (Å²) in [6, 6.07) is 9.97. The third kappa shape index (κ3) is 5.18. The zero-order chi connectivity index (χ0) is 17.6. The molecule has 0 aliphatic rings. The minimum absolute atomic E-state index is 0.0657. The second kappa shape index (κ2) is 8.03. The van der Waals surface area contributed by atoms with Crippen LogP contribution in [0.5, 0.6) is 0 Å². The Labute approximate surface area is 141 Å². The molecule has 0 amide bonds. The van der Waals surface area contributed by atoms with Crippen LogP contribution >= 0.6 is 23.2 Å². The molecular weight excluding hydrogens is 343 g/mol. The highest BCUT2D eigenvalue weighted by Gasteiger charge is 2.06. The Balaban J connectivity index is 0.000000231. The third-order valence-corrected chi connectivity index (χ3v) is 3.25. The number of halogens is 2. The molecule has 0 unspecified atom stereocenters. The van der Waals surface area contributed by atoms with Gasteiger partial charge in [-0.2, -0.15) is 5.26 Å². The predicted molar refractivity (Wildman–Crippen MR) is 86.0 cm³/mol. The number of benzene rings is 2. The molecule has 8 heteroatoms. The summed E-state index contributed by atoms with van der Waals surface area (Å²) in [5.74, 6) is -2.07. The number of hydrogen-bond acceptors (Lipinski definition) is 4. The number of aromatic carboxylic acids is 2. The van der Waals surface area contributed by atoms with Crippen molar-refractivity contribution in [3.05, 3.63) is 63.1 Å². The van der Waals surface area contributed by atoms with Crippen LogP contribution in [0, 0.1) is 11.3 Å². The highest BCUT2D eigenvalue weighted by atomic mass is 35.5. The molecule has 0 atom stereocenters. The number of carboxylic acids is 2. The summed E-state index contributed by atoms with van der Waals surface area (Å²) < 4.78 is 0. The number of rotatable bonds is 2. The Morgan fingerprint density at radius 2 is 1.43 bits per heavy atom. The summed E-state index contributed by atoms with van der Waals surface area (Å²) in [6.07, 6.45) is 0. The summed E-state index contributed by atoms with van der Waals surface area (Å²) in [6.45, 7) is 0. The Kier molecular flexibility index (Phi) is 6.39. The van der Waals surface area contributed by atoms with Gasteiger partial charge in [0.25, 0.3) is 0 Å². The minimum atomic E-state index is -1.07. The van der Waals surface area contributed by atoms with Crippen molar-refractivity contribution < 1.29 is 19.8 Å². The Bertz CT molecular complexity index is 801. The van der Waals surface area contributed by atoms with E-state index in [2.05, 4.69) is 0 Å². The monoisotopic (exact) mass is 352 g/mol. The summed E-state index contributed by atoms with van der Waals surface area (Å²) in [7, 11) is 0. The number of nitrogens with two attached hydrogens (primary N) is 1. The van der Waals surface area contributed by atoms with Gasteiger partial charge in [-0.25, -0.2) is 9.59 Å². The van der Waals surface area contributed by atoms with Crippen LogP contribution < -0.4 is 5.73 Å². The lowest BCUT2D eigenvalue weighted by atomic mass is 10.1. The zero-order valence-corrected chi connectivity index (χ0v) is 13.0. The molecule has 2 aromatic rings. The number of hydrogen-bond donors (Lipinski definition) is 3. The first-order valence-electron chi connectivity index (χ1n) is 5.97. The normalized spacial score (nSPS) is 9.26. The zero-order valence-electron chi connectivity index (χ0n) is 11.5. The fraction of sp³-hybridized carbons (Fsp3) is 0. The van der Waals surface area contributed by atoms with Gasteiger partial charge < -0.3 is 15.9 Å². The third-order valence-electron chi connectivity index (χ3n) is 2.58. The van der Waals surface area contributed by atoms with Crippen LogP contribution in [-0.4, -0.2) is 22.2 Å². The largest absolute Gasteiger partial charge is 0.478 e. The van der Waals surface area contributed by atoms with E-state index in [-0.39, 0.29) is 27.4 Å². The Hall–Kier alpha value is -2.75. The first kappa shape index (κ1) is 18.3. The van der Waals surface area contributed by atoms with Gasteiger partial charge in [-0.1, -0.05) is 23.2 Å². The number of anilines is 1. The average molecular weight is 353 g/mol. The van der Waals surface area contributed by atoms with Crippen LogP contribution in [0.3, 0.4) is 0 Å². The molecule has 0 saturated carbocycles. The van der Waals surface area contributed by atoms with E-state index in [1.807, 2.05) is 0 Å². The molecule has 0 aliphatic heterocycles. The summed E-state index contributed by atoms with van der Waals surface area (Å²) in [5.41, 5.74) is 6.04. The number of nitrogen functional groups attached to an aromatic ring is 1. The highest BCUT2D eigenvalue weighted by Crippen LogP contribution is 2.19. The molecule has 0 aliphatic carbocycles. The van der Waals surface area contributed by atoms with Crippen molar-refractivity contribution >= 4 is 40.8 Å². The molecule has 23 heavy (non-hydrogen) atoms. The van der Waals surface area contributed by atoms with Gasteiger partial charge in [0.15, 0.2) is 0 Å². The lowest BCUT2D eigenvalue weighted by molar-refractivity contribution is 0.0686. The molecule has 0 spiro atoms. The van der Waals surface area contributed by atoms with Gasteiger partial charge in [0.05, 0.1) is 32.4 Å². The topological polar surface area (TPSA) is 124 Å². The molecule has 0 bridgehead atoms. The van der Waals surface area contributed by atoms with Crippen LogP contribution in [0.1, 0.15) is 26.3 Å². The van der Waals surface area contributed by atoms with Crippen LogP contribution in [0.4, 0.5) is 5.69 Å². The van der Waals surface area contributed by atoms with E-state index in [9.17, 15) is 9.59 Å². The van der Waals surface area contributed by atoms with E-state index in [1.54, 1.807) is 6.07 Å². The standard InChI is InChI=1S/C8H4ClNO2.C7H6ClNO2/c9-7-2-1-5(8(11)12)3-6(7)4-10;8-5-2-1-4(7(10)11)3-6(5)9/h1-3H,(H,11,12);1-3H,9H2,(H,10,11). The number of nitriles is 1. The molecule has 0 saturated heterocycles. The van der Waals surface area contributed by atoms with Gasteiger partial charge in [0.2, 0.25) is 0 Å². The van der Waals surface area contributed by atoms with Crippen LogP contribution in [-0.2, 0) is 0 Å². The lowest BCUT2D eigenvalue weighted by Gasteiger charge is -1.97. The Morgan fingerprint density at radius 1 is 0.957 bits per heavy atom. The average Bonchev–Trinajstić information content (AvgIpc) is 2.50. The number of carboxylic acid groups (broad SMARTS) is 2. The van der Waals surface area contributed by atoms with Crippen molar-refractivity contribution in [1.29, 1.82) is 5.26 Å². The van der Waals surface area contributed by atoms with E-state index >= 15 is 0 Å². The van der Waals surface area contributed by atoms with Crippen molar-refractivity contribution in [2.75, 3.05) is 5.73 Å². The van der Waals surface area contributed by atoms with Crippen molar-refractivity contribution in [3.8, 4) is 6.07 Å². The number of nitrogens with zero attached hydrogens (tertiary/aromatic N) is 1. The first-order chi connectivity index (χ1) is 10.8. The molecule has 118 valence electrons. The SMILES string of the molecule is N#Cc1cc(C(=O)O)ccc1Cl.Nc1cc(C(=O)O)ccc1Cl. The van der Waals surface area contributed by atoms with Gasteiger partial charge in [-0.05, 0) is 36.4 Å². The predicted octanol–water partition coefficient (Wildman–Crippen LogP) is 3.53. The molecule has 0 aromatic heterocycles. The smallest absolute Gasteiger partial charge is 0.335 e. The fourth-order valence-electron chi connectivity index (χ4n) is 1.42. The fourth-order valence-corrected chi connectivity index (χ4v) is 1.70. The van der Waals surface area contributed by atoms with Crippen molar-refractivity contribution in [3.63, 3.8) is 0 Å². The molecule has 2 aromatic carbocycles. The van der Waals surface area contributed by atoms with Crippen LogP contribution in [0.2, 0.25) is 10.0 Å². The second-order valence-electron chi connectivity index (χ2n) is 4.15. The maximum absolute atomic E-state index is 10.4. The van der Waals surface area contributed by atoms with E-state index < -0.39 is 11.9 Å². The van der Waals surface area contributed by atoms with Gasteiger partial charge in [0, 0.05) is 0 Å². The molecule has 0 fully saturated rings. The summed E-state index contributed by atoms with van der Waals surface area (Å²) >= 11 is 11.2. The molecule has 0 heterocycles. The first-order valence-corrected chi connectivity index (χ1v) is 6.73. The van der Waals surface area contributed by atoms with Crippen molar-refractivity contribution in [1.82, 2.24) is 0 Å². The van der Waals surface area contributed by atoms with E-state index in [0.717, 1.165) is 0 Å². The van der Waals surface area contributed by atoms with Crippen molar-refractivity contribution in [2.24, 2.45) is 0 Å². The molecule has 0 radical (unpaired) electrons. The van der Waals surface area contributed by atoms with Crippen LogP contribution in [0.15, 0.2) is 36.4 Å². The molecular formula is C15H10Cl2N2O4. The number of carbonyl (C=O) groups is 2. The quantitative estimate of drug-likeness (QED) is 0.710. The maximum atomic E-state index is 10.4. The highest BCUT2D eigenvalue weighted by molar-refractivity contribution is 6.33. The molecule has 2 rings (SSSR count). The molecule has 4 N–H and O–H groups in total. The lowest BCUT2D eigenvalue weighted by Crippen LogP contribution is -1.97. The summed E-state index contributed by atoms with van der Waals surface area (Å²) in [5, 5.41) is 26.2.